The lowest BCUT2D eigenvalue weighted by Crippen LogP contribution is -2.23. The first kappa shape index (κ1) is 18.3. The molecular formula is C19H22N2O4. The summed E-state index contributed by atoms with van der Waals surface area (Å²) in [6.45, 7) is 0.353. The Kier molecular flexibility index (Phi) is 6.39. The van der Waals surface area contributed by atoms with Gasteiger partial charge >= 0.3 is 0 Å². The van der Waals surface area contributed by atoms with E-state index < -0.39 is 5.91 Å². The second kappa shape index (κ2) is 8.73. The van der Waals surface area contributed by atoms with E-state index in [1.807, 2.05) is 24.3 Å². The maximum absolute atomic E-state index is 12.0. The predicted octanol–water partition coefficient (Wildman–Crippen LogP) is 2.05. The largest absolute Gasteiger partial charge is 0.493 e. The molecule has 2 amide bonds. The third-order valence-corrected chi connectivity index (χ3v) is 3.79. The minimum absolute atomic E-state index is 0.0701. The van der Waals surface area contributed by atoms with Crippen molar-refractivity contribution in [3.63, 3.8) is 0 Å². The molecule has 0 aliphatic heterocycles. The van der Waals surface area contributed by atoms with Crippen molar-refractivity contribution in [2.75, 3.05) is 14.2 Å². The van der Waals surface area contributed by atoms with Crippen molar-refractivity contribution in [1.29, 1.82) is 0 Å². The van der Waals surface area contributed by atoms with Gasteiger partial charge in [-0.15, -0.1) is 0 Å². The van der Waals surface area contributed by atoms with Gasteiger partial charge in [-0.2, -0.15) is 0 Å². The molecule has 2 aromatic carbocycles. The zero-order valence-electron chi connectivity index (χ0n) is 14.4. The van der Waals surface area contributed by atoms with Gasteiger partial charge in [-0.05, 0) is 41.8 Å². The second-order valence-corrected chi connectivity index (χ2v) is 5.53. The molecule has 0 saturated heterocycles. The summed E-state index contributed by atoms with van der Waals surface area (Å²) in [6.07, 6.45) is 0.943. The molecule has 25 heavy (non-hydrogen) atoms. The highest BCUT2D eigenvalue weighted by molar-refractivity contribution is 5.92. The van der Waals surface area contributed by atoms with Crippen LogP contribution in [0.3, 0.4) is 0 Å². The summed E-state index contributed by atoms with van der Waals surface area (Å²) >= 11 is 0. The van der Waals surface area contributed by atoms with Crippen LogP contribution in [0.2, 0.25) is 0 Å². The summed E-state index contributed by atoms with van der Waals surface area (Å²) in [5.41, 5.74) is 7.50. The van der Waals surface area contributed by atoms with Crippen LogP contribution in [-0.2, 0) is 17.8 Å². The van der Waals surface area contributed by atoms with E-state index in [9.17, 15) is 9.59 Å². The molecule has 0 fully saturated rings. The highest BCUT2D eigenvalue weighted by Gasteiger charge is 2.07. The number of amides is 2. The summed E-state index contributed by atoms with van der Waals surface area (Å²) in [5, 5.41) is 2.84. The lowest BCUT2D eigenvalue weighted by Gasteiger charge is -2.10. The van der Waals surface area contributed by atoms with Crippen molar-refractivity contribution in [2.24, 2.45) is 5.73 Å². The molecule has 3 N–H and O–H groups in total. The van der Waals surface area contributed by atoms with Crippen LogP contribution in [0.25, 0.3) is 0 Å². The monoisotopic (exact) mass is 342 g/mol. The molecule has 0 radical (unpaired) electrons. The smallest absolute Gasteiger partial charge is 0.248 e. The minimum atomic E-state index is -0.485. The van der Waals surface area contributed by atoms with E-state index in [0.717, 1.165) is 11.1 Å². The minimum Gasteiger partial charge on any atom is -0.493 e. The fourth-order valence-electron chi connectivity index (χ4n) is 2.42. The van der Waals surface area contributed by atoms with Crippen molar-refractivity contribution in [1.82, 2.24) is 5.32 Å². The van der Waals surface area contributed by atoms with Crippen LogP contribution in [-0.4, -0.2) is 26.0 Å². The number of hydrogen-bond donors (Lipinski definition) is 2. The van der Waals surface area contributed by atoms with Gasteiger partial charge in [0.25, 0.3) is 0 Å². The topological polar surface area (TPSA) is 90.6 Å². The van der Waals surface area contributed by atoms with Gasteiger partial charge in [0.05, 0.1) is 14.2 Å². The van der Waals surface area contributed by atoms with Crippen molar-refractivity contribution in [3.8, 4) is 11.5 Å². The second-order valence-electron chi connectivity index (χ2n) is 5.53. The predicted molar refractivity (Wildman–Crippen MR) is 94.7 cm³/mol. The molecule has 0 unspecified atom stereocenters. The fraction of sp³-hybridized carbons (Fsp3) is 0.263. The average molecular weight is 342 g/mol. The van der Waals surface area contributed by atoms with Crippen LogP contribution < -0.4 is 20.5 Å². The van der Waals surface area contributed by atoms with E-state index in [-0.39, 0.29) is 5.91 Å². The number of carbonyl (C=O) groups is 2. The number of ether oxygens (including phenoxy) is 2. The highest BCUT2D eigenvalue weighted by atomic mass is 16.5. The van der Waals surface area contributed by atoms with Crippen LogP contribution in [0, 0.1) is 0 Å². The average Bonchev–Trinajstić information content (AvgIpc) is 2.64. The normalized spacial score (nSPS) is 10.2. The Morgan fingerprint density at radius 2 is 1.76 bits per heavy atom. The maximum atomic E-state index is 12.0. The number of rotatable bonds is 8. The van der Waals surface area contributed by atoms with E-state index in [0.29, 0.717) is 36.4 Å². The van der Waals surface area contributed by atoms with E-state index in [1.165, 1.54) is 0 Å². The van der Waals surface area contributed by atoms with Crippen molar-refractivity contribution >= 4 is 11.8 Å². The Hall–Kier alpha value is -3.02. The zero-order valence-corrected chi connectivity index (χ0v) is 14.4. The van der Waals surface area contributed by atoms with Crippen LogP contribution >= 0.6 is 0 Å². The van der Waals surface area contributed by atoms with Gasteiger partial charge in [0.2, 0.25) is 11.8 Å². The van der Waals surface area contributed by atoms with E-state index in [2.05, 4.69) is 5.32 Å². The molecule has 132 valence electrons. The van der Waals surface area contributed by atoms with Gasteiger partial charge in [0, 0.05) is 18.5 Å². The summed E-state index contributed by atoms with van der Waals surface area (Å²) in [4.78, 5) is 23.2. The highest BCUT2D eigenvalue weighted by Crippen LogP contribution is 2.27. The van der Waals surface area contributed by atoms with Crippen molar-refractivity contribution < 1.29 is 19.1 Å². The summed E-state index contributed by atoms with van der Waals surface area (Å²) in [7, 11) is 3.16. The van der Waals surface area contributed by atoms with Crippen LogP contribution in [0.15, 0.2) is 42.5 Å². The molecule has 0 atom stereocenters. The van der Waals surface area contributed by atoms with E-state index in [4.69, 9.17) is 15.2 Å². The molecule has 0 aliphatic carbocycles. The van der Waals surface area contributed by atoms with Gasteiger partial charge in [-0.25, -0.2) is 0 Å². The molecule has 0 heterocycles. The van der Waals surface area contributed by atoms with E-state index >= 15 is 0 Å². The third-order valence-electron chi connectivity index (χ3n) is 3.79. The van der Waals surface area contributed by atoms with E-state index in [1.54, 1.807) is 32.4 Å². The molecule has 0 bridgehead atoms. The van der Waals surface area contributed by atoms with Crippen LogP contribution in [0.4, 0.5) is 0 Å². The Bertz CT molecular complexity index is 759. The number of aryl methyl sites for hydroxylation is 1. The number of nitrogens with one attached hydrogen (secondary N) is 1. The van der Waals surface area contributed by atoms with Gasteiger partial charge in [-0.3, -0.25) is 9.59 Å². The summed E-state index contributed by atoms with van der Waals surface area (Å²) in [5.74, 6) is 0.745. The number of nitrogens with two attached hydrogens (primary N) is 1. The van der Waals surface area contributed by atoms with Crippen molar-refractivity contribution in [2.45, 2.75) is 19.4 Å². The van der Waals surface area contributed by atoms with Gasteiger partial charge in [-0.1, -0.05) is 18.2 Å². The first-order valence-corrected chi connectivity index (χ1v) is 7.90. The molecule has 0 aromatic heterocycles. The summed E-state index contributed by atoms with van der Waals surface area (Å²) in [6, 6.07) is 12.5. The Balaban J connectivity index is 1.87. The third kappa shape index (κ3) is 5.24. The quantitative estimate of drug-likeness (QED) is 0.768. The molecule has 0 saturated carbocycles. The molecule has 6 heteroatoms. The Labute approximate surface area is 146 Å². The molecule has 6 nitrogen and oxygen atoms in total. The number of primary amides is 1. The first-order chi connectivity index (χ1) is 12.0. The fourth-order valence-corrected chi connectivity index (χ4v) is 2.42. The molecule has 0 spiro atoms. The van der Waals surface area contributed by atoms with Gasteiger partial charge in [0.1, 0.15) is 0 Å². The standard InChI is InChI=1S/C19H22N2O4/c1-24-16-8-6-13(11-17(16)25-2)7-9-18(22)21-12-14-4-3-5-15(10-14)19(20)23/h3-6,8,10-11H,7,9,12H2,1-2H3,(H2,20,23)(H,21,22). The van der Waals surface area contributed by atoms with Gasteiger partial charge < -0.3 is 20.5 Å². The Morgan fingerprint density at radius 1 is 1.00 bits per heavy atom. The first-order valence-electron chi connectivity index (χ1n) is 7.90. The lowest BCUT2D eigenvalue weighted by molar-refractivity contribution is -0.121. The number of carbonyl (C=O) groups excluding carboxylic acids is 2. The molecule has 2 aromatic rings. The molecule has 2 rings (SSSR count). The Morgan fingerprint density at radius 3 is 2.44 bits per heavy atom. The summed E-state index contributed by atoms with van der Waals surface area (Å²) < 4.78 is 10.4. The number of methoxy groups -OCH3 is 2. The lowest BCUT2D eigenvalue weighted by atomic mass is 10.1. The van der Waals surface area contributed by atoms with Crippen LogP contribution in [0.5, 0.6) is 11.5 Å². The number of hydrogen-bond acceptors (Lipinski definition) is 4. The zero-order chi connectivity index (χ0) is 18.2. The SMILES string of the molecule is COc1ccc(CCC(=O)NCc2cccc(C(N)=O)c2)cc1OC. The maximum Gasteiger partial charge on any atom is 0.248 e. The molecule has 0 aliphatic rings. The van der Waals surface area contributed by atoms with Crippen molar-refractivity contribution in [3.05, 3.63) is 59.2 Å². The van der Waals surface area contributed by atoms with Crippen LogP contribution in [0.1, 0.15) is 27.9 Å². The molecular weight excluding hydrogens is 320 g/mol. The number of benzene rings is 2. The van der Waals surface area contributed by atoms with Gasteiger partial charge in [0.15, 0.2) is 11.5 Å².